The van der Waals surface area contributed by atoms with Crippen LogP contribution in [0.5, 0.6) is 0 Å². The van der Waals surface area contributed by atoms with Gasteiger partial charge in [0, 0.05) is 6.92 Å². The average Bonchev–Trinajstić information content (AvgIpc) is 2.90. The van der Waals surface area contributed by atoms with Gasteiger partial charge >= 0.3 is 11.8 Å². The lowest BCUT2D eigenvalue weighted by atomic mass is 9.97. The maximum absolute atomic E-state index is 12.2. The molecule has 0 N–H and O–H groups in total. The molecule has 1 unspecified atom stereocenters. The summed E-state index contributed by atoms with van der Waals surface area (Å²) >= 11 is 0. The fourth-order valence-electron chi connectivity index (χ4n) is 2.44. The molecule has 0 bridgehead atoms. The smallest absolute Gasteiger partial charge is 0.342 e. The first-order chi connectivity index (χ1) is 11.0. The Morgan fingerprint density at radius 2 is 2.09 bits per heavy atom. The van der Waals surface area contributed by atoms with E-state index in [4.69, 9.17) is 4.74 Å². The summed E-state index contributed by atoms with van der Waals surface area (Å²) in [5, 5.41) is 10.9. The standard InChI is InChI=1S/C16H19N3O4/c1-3-14(13-7-5-4-6-8-13)16(20)23-10-9-18-12(2)17-11-15(18)19(21)22/h4-8,11,14H,3,9-10H2,1-2H3. The molecule has 0 aliphatic rings. The number of imidazole rings is 1. The van der Waals surface area contributed by atoms with E-state index in [9.17, 15) is 14.9 Å². The van der Waals surface area contributed by atoms with E-state index < -0.39 is 4.92 Å². The number of nitro groups is 1. The zero-order chi connectivity index (χ0) is 16.8. The van der Waals surface area contributed by atoms with Crippen LogP contribution in [0.3, 0.4) is 0 Å². The number of esters is 1. The molecule has 23 heavy (non-hydrogen) atoms. The van der Waals surface area contributed by atoms with Crippen molar-refractivity contribution in [3.63, 3.8) is 0 Å². The third kappa shape index (κ3) is 3.94. The van der Waals surface area contributed by atoms with E-state index in [1.807, 2.05) is 37.3 Å². The van der Waals surface area contributed by atoms with Crippen molar-refractivity contribution in [3.8, 4) is 0 Å². The van der Waals surface area contributed by atoms with Gasteiger partial charge in [0.05, 0.1) is 5.92 Å². The lowest BCUT2D eigenvalue weighted by Gasteiger charge is -2.14. The molecule has 2 aromatic rings. The third-order valence-electron chi connectivity index (χ3n) is 3.68. The molecular formula is C16H19N3O4. The highest BCUT2D eigenvalue weighted by atomic mass is 16.6. The maximum atomic E-state index is 12.2. The minimum absolute atomic E-state index is 0.0696. The highest BCUT2D eigenvalue weighted by Crippen LogP contribution is 2.21. The summed E-state index contributed by atoms with van der Waals surface area (Å²) in [7, 11) is 0. The van der Waals surface area contributed by atoms with E-state index in [0.717, 1.165) is 5.56 Å². The van der Waals surface area contributed by atoms with Crippen molar-refractivity contribution in [2.45, 2.75) is 32.7 Å². The van der Waals surface area contributed by atoms with Crippen LogP contribution in [-0.2, 0) is 16.1 Å². The van der Waals surface area contributed by atoms with Gasteiger partial charge in [-0.2, -0.15) is 0 Å². The second kappa shape index (κ2) is 7.53. The Hall–Kier alpha value is -2.70. The molecule has 0 saturated carbocycles. The van der Waals surface area contributed by atoms with Gasteiger partial charge in [-0.1, -0.05) is 37.3 Å². The minimum Gasteiger partial charge on any atom is -0.461 e. The molecule has 7 heteroatoms. The number of hydrogen-bond donors (Lipinski definition) is 0. The molecule has 122 valence electrons. The normalized spacial score (nSPS) is 11.9. The van der Waals surface area contributed by atoms with Gasteiger partial charge in [0.2, 0.25) is 0 Å². The van der Waals surface area contributed by atoms with Gasteiger partial charge in [-0.05, 0) is 16.9 Å². The van der Waals surface area contributed by atoms with Crippen LogP contribution < -0.4 is 0 Å². The monoisotopic (exact) mass is 317 g/mol. The minimum atomic E-state index is -0.499. The molecule has 0 aliphatic carbocycles. The maximum Gasteiger partial charge on any atom is 0.342 e. The lowest BCUT2D eigenvalue weighted by Crippen LogP contribution is -2.19. The van der Waals surface area contributed by atoms with E-state index in [1.165, 1.54) is 10.8 Å². The van der Waals surface area contributed by atoms with E-state index in [1.54, 1.807) is 6.92 Å². The third-order valence-corrected chi connectivity index (χ3v) is 3.68. The number of carbonyl (C=O) groups excluding carboxylic acids is 1. The van der Waals surface area contributed by atoms with Crippen LogP contribution in [-0.4, -0.2) is 27.1 Å². The first kappa shape index (κ1) is 16.7. The summed E-state index contributed by atoms with van der Waals surface area (Å²) in [5.74, 6) is -0.231. The summed E-state index contributed by atoms with van der Waals surface area (Å²) in [6.45, 7) is 3.87. The summed E-state index contributed by atoms with van der Waals surface area (Å²) < 4.78 is 6.73. The van der Waals surface area contributed by atoms with Crippen LogP contribution >= 0.6 is 0 Å². The molecule has 7 nitrogen and oxygen atoms in total. The number of benzene rings is 1. The molecule has 1 atom stereocenters. The zero-order valence-electron chi connectivity index (χ0n) is 13.1. The molecule has 1 aromatic carbocycles. The van der Waals surface area contributed by atoms with Crippen molar-refractivity contribution >= 4 is 11.8 Å². The number of ether oxygens (including phenoxy) is 1. The largest absolute Gasteiger partial charge is 0.461 e. The van der Waals surface area contributed by atoms with E-state index in [2.05, 4.69) is 4.98 Å². The number of nitrogens with zero attached hydrogens (tertiary/aromatic N) is 3. The molecule has 0 aliphatic heterocycles. The highest BCUT2D eigenvalue weighted by Gasteiger charge is 2.21. The van der Waals surface area contributed by atoms with Gasteiger partial charge in [0.1, 0.15) is 19.3 Å². The van der Waals surface area contributed by atoms with E-state index in [-0.39, 0.29) is 30.9 Å². The molecule has 2 rings (SSSR count). The van der Waals surface area contributed by atoms with E-state index >= 15 is 0 Å². The topological polar surface area (TPSA) is 87.3 Å². The van der Waals surface area contributed by atoms with Gasteiger partial charge < -0.3 is 14.9 Å². The molecule has 0 saturated heterocycles. The molecule has 0 fully saturated rings. The van der Waals surface area contributed by atoms with Crippen molar-refractivity contribution in [2.24, 2.45) is 0 Å². The number of carbonyl (C=O) groups is 1. The Balaban J connectivity index is 1.97. The fourth-order valence-corrected chi connectivity index (χ4v) is 2.44. The summed E-state index contributed by atoms with van der Waals surface area (Å²) in [6.07, 6.45) is 1.84. The molecule has 0 amide bonds. The first-order valence-electron chi connectivity index (χ1n) is 7.42. The van der Waals surface area contributed by atoms with Gasteiger partial charge in [0.15, 0.2) is 5.82 Å². The van der Waals surface area contributed by atoms with Gasteiger partial charge in [0.25, 0.3) is 0 Å². The van der Waals surface area contributed by atoms with Crippen molar-refractivity contribution < 1.29 is 14.5 Å². The van der Waals surface area contributed by atoms with Crippen LogP contribution in [0.2, 0.25) is 0 Å². The average molecular weight is 317 g/mol. The Kier molecular flexibility index (Phi) is 5.46. The summed E-state index contributed by atoms with van der Waals surface area (Å²) in [6, 6.07) is 9.43. The molecule has 0 radical (unpaired) electrons. The Morgan fingerprint density at radius 3 is 2.70 bits per heavy atom. The predicted octanol–water partition coefficient (Wildman–Crippen LogP) is 2.84. The predicted molar refractivity (Wildman–Crippen MR) is 84.1 cm³/mol. The number of hydrogen-bond acceptors (Lipinski definition) is 5. The molecular weight excluding hydrogens is 298 g/mol. The van der Waals surface area contributed by atoms with Crippen LogP contribution in [0.1, 0.15) is 30.7 Å². The number of aromatic nitrogens is 2. The zero-order valence-corrected chi connectivity index (χ0v) is 13.1. The van der Waals surface area contributed by atoms with Gasteiger partial charge in [-0.25, -0.2) is 9.55 Å². The SMILES string of the molecule is CCC(C(=O)OCCn1c([N+](=O)[O-])cnc1C)c1ccccc1. The number of aryl methyl sites for hydroxylation is 1. The van der Waals surface area contributed by atoms with Crippen molar-refractivity contribution in [1.29, 1.82) is 0 Å². The fraction of sp³-hybridized carbons (Fsp3) is 0.375. The van der Waals surface area contributed by atoms with Gasteiger partial charge in [-0.3, -0.25) is 4.79 Å². The van der Waals surface area contributed by atoms with Crippen LogP contribution in [0, 0.1) is 17.0 Å². The Bertz CT molecular complexity index is 682. The first-order valence-corrected chi connectivity index (χ1v) is 7.42. The van der Waals surface area contributed by atoms with E-state index in [0.29, 0.717) is 12.2 Å². The molecule has 1 aromatic heterocycles. The quantitative estimate of drug-likeness (QED) is 0.445. The Labute approximate surface area is 134 Å². The highest BCUT2D eigenvalue weighted by molar-refractivity contribution is 5.78. The molecule has 1 heterocycles. The summed E-state index contributed by atoms with van der Waals surface area (Å²) in [5.41, 5.74) is 0.907. The van der Waals surface area contributed by atoms with Crippen molar-refractivity contribution in [3.05, 3.63) is 58.0 Å². The Morgan fingerprint density at radius 1 is 1.39 bits per heavy atom. The van der Waals surface area contributed by atoms with Crippen molar-refractivity contribution in [2.75, 3.05) is 6.61 Å². The summed E-state index contributed by atoms with van der Waals surface area (Å²) in [4.78, 5) is 26.6. The van der Waals surface area contributed by atoms with Crippen LogP contribution in [0.25, 0.3) is 0 Å². The van der Waals surface area contributed by atoms with Crippen LogP contribution in [0.15, 0.2) is 36.5 Å². The second-order valence-corrected chi connectivity index (χ2v) is 5.11. The number of rotatable bonds is 7. The van der Waals surface area contributed by atoms with Crippen LogP contribution in [0.4, 0.5) is 5.82 Å². The second-order valence-electron chi connectivity index (χ2n) is 5.11. The molecule has 0 spiro atoms. The van der Waals surface area contributed by atoms with Crippen molar-refractivity contribution in [1.82, 2.24) is 9.55 Å². The lowest BCUT2D eigenvalue weighted by molar-refractivity contribution is -0.392. The van der Waals surface area contributed by atoms with Gasteiger partial charge in [-0.15, -0.1) is 0 Å².